The van der Waals surface area contributed by atoms with Crippen LogP contribution in [0.25, 0.3) is 11.5 Å². The fraction of sp³-hybridized carbons (Fsp3) is 0.286. The minimum Gasteiger partial charge on any atom is -0.497 e. The second-order valence-electron chi connectivity index (χ2n) is 7.08. The Bertz CT molecular complexity index is 1210. The third kappa shape index (κ3) is 4.30. The summed E-state index contributed by atoms with van der Waals surface area (Å²) in [5.41, 5.74) is 0.627. The van der Waals surface area contributed by atoms with Crippen molar-refractivity contribution in [3.05, 3.63) is 48.5 Å². The van der Waals surface area contributed by atoms with Gasteiger partial charge in [0.05, 0.1) is 19.1 Å². The van der Waals surface area contributed by atoms with Gasteiger partial charge in [0.1, 0.15) is 17.5 Å². The van der Waals surface area contributed by atoms with E-state index in [1.165, 1.54) is 23.5 Å². The van der Waals surface area contributed by atoms with Crippen LogP contribution < -0.4 is 14.8 Å². The number of nitrogens with zero attached hydrogens (tertiary/aromatic N) is 3. The van der Waals surface area contributed by atoms with Crippen molar-refractivity contribution in [3.63, 3.8) is 0 Å². The quantitative estimate of drug-likeness (QED) is 0.573. The number of amides is 1. The van der Waals surface area contributed by atoms with Gasteiger partial charge >= 0.3 is 6.01 Å². The van der Waals surface area contributed by atoms with Gasteiger partial charge in [0.15, 0.2) is 0 Å². The maximum atomic E-state index is 13.1. The molecule has 2 aromatic carbocycles. The molecule has 0 aliphatic carbocycles. The molecule has 1 atom stereocenters. The first-order valence-electron chi connectivity index (χ1n) is 9.87. The highest BCUT2D eigenvalue weighted by molar-refractivity contribution is 7.89. The molecular weight excluding hydrogens is 436 g/mol. The summed E-state index contributed by atoms with van der Waals surface area (Å²) in [4.78, 5) is 13.0. The van der Waals surface area contributed by atoms with E-state index in [0.29, 0.717) is 29.9 Å². The van der Waals surface area contributed by atoms with E-state index in [-0.39, 0.29) is 23.3 Å². The lowest BCUT2D eigenvalue weighted by molar-refractivity contribution is -0.119. The van der Waals surface area contributed by atoms with E-state index in [1.807, 2.05) is 0 Å². The summed E-state index contributed by atoms with van der Waals surface area (Å²) in [5.74, 6) is 0.841. The number of carbonyl (C=O) groups excluding carboxylic acids is 1. The van der Waals surface area contributed by atoms with Gasteiger partial charge in [-0.1, -0.05) is 11.2 Å². The van der Waals surface area contributed by atoms with Crippen molar-refractivity contribution in [2.75, 3.05) is 26.1 Å². The molecule has 1 aromatic heterocycles. The highest BCUT2D eigenvalue weighted by atomic mass is 32.2. The fourth-order valence-corrected chi connectivity index (χ4v) is 5.16. The summed E-state index contributed by atoms with van der Waals surface area (Å²) >= 11 is 0. The maximum absolute atomic E-state index is 13.1. The Labute approximate surface area is 185 Å². The molecule has 1 saturated heterocycles. The predicted molar refractivity (Wildman–Crippen MR) is 115 cm³/mol. The van der Waals surface area contributed by atoms with Crippen LogP contribution in [0.2, 0.25) is 0 Å². The molecule has 1 aliphatic rings. The minimum absolute atomic E-state index is 0.0936. The van der Waals surface area contributed by atoms with Gasteiger partial charge in [0.2, 0.25) is 21.8 Å². The Balaban J connectivity index is 1.50. The maximum Gasteiger partial charge on any atom is 0.322 e. The molecule has 4 rings (SSSR count). The SMILES string of the molecule is COc1ccc(S(=O)(=O)N2CCC[C@@H]2C(=O)Nc2nnc(-c3cccc(OC)c3)o2)cc1. The summed E-state index contributed by atoms with van der Waals surface area (Å²) in [6, 6.07) is 12.1. The number of nitrogens with one attached hydrogen (secondary N) is 1. The second kappa shape index (κ2) is 8.97. The second-order valence-corrected chi connectivity index (χ2v) is 8.97. The van der Waals surface area contributed by atoms with Gasteiger partial charge < -0.3 is 13.9 Å². The van der Waals surface area contributed by atoms with Crippen molar-refractivity contribution in [2.24, 2.45) is 0 Å². The van der Waals surface area contributed by atoms with Crippen LogP contribution in [0.15, 0.2) is 57.8 Å². The van der Waals surface area contributed by atoms with Crippen LogP contribution in [0.1, 0.15) is 12.8 Å². The Morgan fingerprint density at radius 2 is 1.84 bits per heavy atom. The molecule has 0 bridgehead atoms. The van der Waals surface area contributed by atoms with Crippen molar-refractivity contribution in [2.45, 2.75) is 23.8 Å². The molecule has 10 nitrogen and oxygen atoms in total. The van der Waals surface area contributed by atoms with Crippen molar-refractivity contribution >= 4 is 21.9 Å². The number of hydrogen-bond acceptors (Lipinski definition) is 8. The predicted octanol–water partition coefficient (Wildman–Crippen LogP) is 2.55. The average Bonchev–Trinajstić information content (AvgIpc) is 3.49. The third-order valence-corrected chi connectivity index (χ3v) is 7.07. The molecule has 32 heavy (non-hydrogen) atoms. The zero-order chi connectivity index (χ0) is 22.7. The number of ether oxygens (including phenoxy) is 2. The molecule has 0 spiro atoms. The summed E-state index contributed by atoms with van der Waals surface area (Å²) < 4.78 is 43.2. The van der Waals surface area contributed by atoms with Crippen molar-refractivity contribution in [3.8, 4) is 23.0 Å². The lowest BCUT2D eigenvalue weighted by Crippen LogP contribution is -2.43. The Morgan fingerprint density at radius 1 is 1.09 bits per heavy atom. The molecule has 1 fully saturated rings. The minimum atomic E-state index is -3.86. The number of anilines is 1. The number of hydrogen-bond donors (Lipinski definition) is 1. The molecule has 2 heterocycles. The van der Waals surface area contributed by atoms with E-state index < -0.39 is 22.0 Å². The fourth-order valence-electron chi connectivity index (χ4n) is 3.51. The average molecular weight is 458 g/mol. The Hall–Kier alpha value is -3.44. The molecule has 1 N–H and O–H groups in total. The standard InChI is InChI=1S/C21H22N4O6S/c1-29-15-8-10-17(11-9-15)32(27,28)25-12-4-7-18(25)19(26)22-21-24-23-20(31-21)14-5-3-6-16(13-14)30-2/h3,5-6,8-11,13,18H,4,7,12H2,1-2H3,(H,22,24,26)/t18-/m1/s1. The van der Waals surface area contributed by atoms with Gasteiger partial charge in [-0.25, -0.2) is 8.42 Å². The molecular formula is C21H22N4O6S. The van der Waals surface area contributed by atoms with Crippen LogP contribution in [-0.2, 0) is 14.8 Å². The lowest BCUT2D eigenvalue weighted by atomic mass is 10.2. The van der Waals surface area contributed by atoms with E-state index in [1.54, 1.807) is 43.5 Å². The summed E-state index contributed by atoms with van der Waals surface area (Å²) in [6.07, 6.45) is 0.949. The molecule has 0 saturated carbocycles. The summed E-state index contributed by atoms with van der Waals surface area (Å²) in [7, 11) is -0.810. The number of sulfonamides is 1. The monoisotopic (exact) mass is 458 g/mol. The summed E-state index contributed by atoms with van der Waals surface area (Å²) in [6.45, 7) is 0.241. The smallest absolute Gasteiger partial charge is 0.322 e. The first kappa shape index (κ1) is 21.8. The molecule has 1 aliphatic heterocycles. The highest BCUT2D eigenvalue weighted by Gasteiger charge is 2.40. The Morgan fingerprint density at radius 3 is 2.56 bits per heavy atom. The van der Waals surface area contributed by atoms with Crippen molar-refractivity contribution in [1.82, 2.24) is 14.5 Å². The zero-order valence-corrected chi connectivity index (χ0v) is 18.3. The number of benzene rings is 2. The molecule has 0 unspecified atom stereocenters. The normalized spacial score (nSPS) is 16.6. The van der Waals surface area contributed by atoms with Crippen LogP contribution >= 0.6 is 0 Å². The topological polar surface area (TPSA) is 124 Å². The number of aromatic nitrogens is 2. The summed E-state index contributed by atoms with van der Waals surface area (Å²) in [5, 5.41) is 10.3. The molecule has 11 heteroatoms. The van der Waals surface area contributed by atoms with Gasteiger partial charge in [0, 0.05) is 12.1 Å². The number of rotatable bonds is 7. The van der Waals surface area contributed by atoms with Gasteiger partial charge in [-0.2, -0.15) is 4.31 Å². The van der Waals surface area contributed by atoms with Crippen LogP contribution in [0.4, 0.5) is 6.01 Å². The van der Waals surface area contributed by atoms with E-state index in [2.05, 4.69) is 15.5 Å². The molecule has 3 aromatic rings. The van der Waals surface area contributed by atoms with Crippen LogP contribution in [0, 0.1) is 0 Å². The molecule has 1 amide bonds. The molecule has 0 radical (unpaired) electrons. The molecule has 168 valence electrons. The van der Waals surface area contributed by atoms with E-state index in [9.17, 15) is 13.2 Å². The number of methoxy groups -OCH3 is 2. The largest absolute Gasteiger partial charge is 0.497 e. The van der Waals surface area contributed by atoms with Crippen molar-refractivity contribution in [1.29, 1.82) is 0 Å². The van der Waals surface area contributed by atoms with E-state index in [4.69, 9.17) is 13.9 Å². The zero-order valence-electron chi connectivity index (χ0n) is 17.5. The van der Waals surface area contributed by atoms with Crippen molar-refractivity contribution < 1.29 is 27.1 Å². The van der Waals surface area contributed by atoms with Gasteiger partial charge in [-0.3, -0.25) is 10.1 Å². The van der Waals surface area contributed by atoms with E-state index >= 15 is 0 Å². The first-order valence-corrected chi connectivity index (χ1v) is 11.3. The van der Waals surface area contributed by atoms with Crippen LogP contribution in [-0.4, -0.2) is 55.6 Å². The van der Waals surface area contributed by atoms with Crippen LogP contribution in [0.3, 0.4) is 0 Å². The third-order valence-electron chi connectivity index (χ3n) is 5.14. The van der Waals surface area contributed by atoms with Gasteiger partial charge in [-0.15, -0.1) is 5.10 Å². The van der Waals surface area contributed by atoms with Crippen LogP contribution in [0.5, 0.6) is 11.5 Å². The Kier molecular flexibility index (Phi) is 6.10. The first-order chi connectivity index (χ1) is 15.4. The van der Waals surface area contributed by atoms with E-state index in [0.717, 1.165) is 0 Å². The van der Waals surface area contributed by atoms with Gasteiger partial charge in [-0.05, 0) is 55.3 Å². The van der Waals surface area contributed by atoms with Gasteiger partial charge in [0.25, 0.3) is 0 Å². The highest BCUT2D eigenvalue weighted by Crippen LogP contribution is 2.29. The lowest BCUT2D eigenvalue weighted by Gasteiger charge is -2.22. The number of carbonyl (C=O) groups is 1.